The van der Waals surface area contributed by atoms with Crippen LogP contribution in [-0.4, -0.2) is 214 Å². The third kappa shape index (κ3) is 30.9. The smallest absolute Gasteiger partial charge is 0.464 e. The molecule has 8 aromatic heterocycles. The van der Waals surface area contributed by atoms with Crippen LogP contribution in [-0.2, 0) is 62.8 Å². The topological polar surface area (TPSA) is 686 Å². The number of nitrogens with zero attached hydrogens (tertiary/aromatic N) is 11. The number of anilines is 8. The number of sulfonamides is 2. The summed E-state index contributed by atoms with van der Waals surface area (Å²) in [5, 5.41) is 21.3. The number of nitrogens with one attached hydrogen (secondary N) is 7. The van der Waals surface area contributed by atoms with E-state index in [2.05, 4.69) is 94.8 Å². The number of carbonyl (C=O) groups is 12. The summed E-state index contributed by atoms with van der Waals surface area (Å²) in [6, 6.07) is 18.2. The first-order chi connectivity index (χ1) is 61.0. The van der Waals surface area contributed by atoms with Gasteiger partial charge in [-0.25, -0.2) is 60.9 Å². The summed E-state index contributed by atoms with van der Waals surface area (Å²) in [5.74, 6) is -8.32. The lowest BCUT2D eigenvalue weighted by molar-refractivity contribution is -0.360. The van der Waals surface area contributed by atoms with Crippen molar-refractivity contribution in [2.45, 2.75) is 126 Å². The van der Waals surface area contributed by atoms with Crippen LogP contribution in [0.15, 0.2) is 122 Å². The predicted octanol–water partition coefficient (Wildman–Crippen LogP) is 5.81. The number of aromatic nitrogens is 8. The summed E-state index contributed by atoms with van der Waals surface area (Å²) >= 11 is 0. The molecule has 0 aromatic carbocycles. The number of methoxy groups -OCH3 is 3. The van der Waals surface area contributed by atoms with Crippen LogP contribution in [0.25, 0.3) is 0 Å². The van der Waals surface area contributed by atoms with E-state index in [0.717, 1.165) is 62.1 Å². The molecule has 4 aliphatic heterocycles. The summed E-state index contributed by atoms with van der Waals surface area (Å²) in [7, 11) is -2.94. The fourth-order valence-corrected chi connectivity index (χ4v) is 14.9. The van der Waals surface area contributed by atoms with Crippen LogP contribution in [0.2, 0.25) is 0 Å². The minimum Gasteiger partial charge on any atom is -0.480 e. The van der Waals surface area contributed by atoms with E-state index in [9.17, 15) is 74.4 Å². The molecular weight excluding hydrogens is 1760 g/mol. The number of primary amides is 4. The fraction of sp³-hybridized carbons (Fsp3) is 0.376. The highest BCUT2D eigenvalue weighted by molar-refractivity contribution is 7.92. The van der Waals surface area contributed by atoms with Gasteiger partial charge in [0.1, 0.15) is 40.0 Å². The highest BCUT2D eigenvalue weighted by atomic mass is 32.2. The van der Waals surface area contributed by atoms with Crippen LogP contribution < -0.4 is 84.6 Å². The molecule has 20 N–H and O–H groups in total. The van der Waals surface area contributed by atoms with Crippen molar-refractivity contribution in [2.24, 2.45) is 46.6 Å². The van der Waals surface area contributed by atoms with Gasteiger partial charge in [-0.1, -0.05) is 74.2 Å². The number of carboxylic acids is 1. The molecule has 47 heteroatoms. The van der Waals surface area contributed by atoms with Gasteiger partial charge in [-0.05, 0) is 152 Å². The van der Waals surface area contributed by atoms with Gasteiger partial charge in [0, 0.05) is 50.5 Å². The predicted molar refractivity (Wildman–Crippen MR) is 490 cm³/mol. The lowest BCUT2D eigenvalue weighted by Crippen LogP contribution is -2.46. The van der Waals surface area contributed by atoms with Gasteiger partial charge in [0.15, 0.2) is 5.56 Å². The van der Waals surface area contributed by atoms with E-state index >= 15 is 0 Å². The Hall–Kier alpha value is -15.0. The first-order valence-electron chi connectivity index (χ1n) is 39.6. The molecule has 0 radical (unpaired) electrons. The third-order valence-electron chi connectivity index (χ3n) is 20.2. The Morgan fingerprint density at radius 1 is 0.417 bits per heavy atom. The average molecular weight is 1870 g/mol. The molecule has 12 rings (SSSR count). The Labute approximate surface area is 762 Å². The van der Waals surface area contributed by atoms with E-state index in [1.165, 1.54) is 111 Å². The highest BCUT2D eigenvalue weighted by Gasteiger charge is 2.39. The number of carboxylic acid groups (broad SMARTS) is 1. The Kier molecular flexibility index (Phi) is 39.9. The maximum Gasteiger partial charge on any atom is 0.464 e. The maximum atomic E-state index is 13.1. The molecule has 0 saturated carbocycles. The van der Waals surface area contributed by atoms with Gasteiger partial charge in [0.25, 0.3) is 30.4 Å². The Morgan fingerprint density at radius 3 is 0.992 bits per heavy atom. The molecule has 4 saturated heterocycles. The standard InChI is InChI=1S/2C21H26N6O6S.C20H24N6O4.C11H17N3.C9H7N3O5.3CH4/c2*1-12-4-6-16(13-5-7-17(23-9-13)26-34(3,31)32)27(11-12)21(30)19(29)25-14-8-15(18(22)28)20(33-2)24-10-14;1-11-3-5-15(12-4-6-16(21)23-8-12)26(10-11)20(29)18(28)25-13-7-14(17(22)27)19(30-2)24-9-13;1-8-2-4-10(13-6-8)9-3-5-11(12)14-7-9;1-17-8-5(6(10)13)2-4(3-11-8)12-7(14)9(15)16;;;/h2*5,7-10,12,16H,4,6,11H2,1-3H3,(H2,22,28)(H,23,26)(H,25,29);4,6-9,11,15H,3,5,10H2,1-2H3,(H2,21,23)(H2,22,27)(H,25,28);3,5,7-8,10,13H,2,4,6H2,1H3,(H2,12,14);2-3H,1H2,(H3-,10,12,13,14,15,16);3*1H4/p+1/t12-,16+;;;;;;;/m1......./s1. The molecule has 0 bridgehead atoms. The van der Waals surface area contributed by atoms with E-state index in [-0.39, 0.29) is 126 Å². The Bertz CT molecular complexity index is 5510. The van der Waals surface area contributed by atoms with Gasteiger partial charge in [-0.3, -0.25) is 62.2 Å². The number of nitrogen functional groups attached to an aromatic ring is 2. The number of hydrogen-bond acceptors (Lipinski definition) is 30. The van der Waals surface area contributed by atoms with Gasteiger partial charge in [0.05, 0.1) is 99.5 Å². The Balaban J connectivity index is 0.000000300. The molecular formula is C85H113N24O21S2+. The van der Waals surface area contributed by atoms with Crippen LogP contribution in [0, 0.1) is 23.7 Å². The third-order valence-corrected chi connectivity index (χ3v) is 21.4. The van der Waals surface area contributed by atoms with Crippen LogP contribution in [0.3, 0.4) is 0 Å². The van der Waals surface area contributed by atoms with Crippen molar-refractivity contribution in [1.29, 1.82) is 0 Å². The van der Waals surface area contributed by atoms with Crippen molar-refractivity contribution in [3.05, 3.63) is 167 Å². The second-order valence-electron chi connectivity index (χ2n) is 30.5. The quantitative estimate of drug-likeness (QED) is 0.0316. The number of rotatable bonds is 20. The van der Waals surface area contributed by atoms with Crippen molar-refractivity contribution >= 4 is 144 Å². The number of nitrogens with two attached hydrogens (primary N) is 6. The number of likely N-dealkylation sites (tertiary alicyclic amines) is 3. The summed E-state index contributed by atoms with van der Waals surface area (Å²) in [5.41, 5.74) is 35.8. The lowest BCUT2D eigenvalue weighted by Gasteiger charge is -2.38. The Morgan fingerprint density at radius 2 is 0.720 bits per heavy atom. The van der Waals surface area contributed by atoms with Gasteiger partial charge in [0.2, 0.25) is 37.7 Å². The number of aliphatic carboxylic acids is 1. The maximum absolute atomic E-state index is 13.1. The van der Waals surface area contributed by atoms with Crippen LogP contribution in [0.1, 0.15) is 189 Å². The average Bonchev–Trinajstić information content (AvgIpc) is 0.805. The molecule has 8 aromatic rings. The van der Waals surface area contributed by atoms with Gasteiger partial charge >= 0.3 is 53.2 Å². The monoisotopic (exact) mass is 1870 g/mol. The zero-order chi connectivity index (χ0) is 94.9. The summed E-state index contributed by atoms with van der Waals surface area (Å²) in [6.45, 7) is 13.6. The fourth-order valence-electron chi connectivity index (χ4n) is 13.9. The van der Waals surface area contributed by atoms with Gasteiger partial charge in [-0.15, -0.1) is 0 Å². The summed E-state index contributed by atoms with van der Waals surface area (Å²) in [4.78, 5) is 181. The summed E-state index contributed by atoms with van der Waals surface area (Å²) in [6.07, 6.45) is 20.4. The normalized spacial score (nSPS) is 17.7. The number of hydrogen-bond donors (Lipinski definition) is 14. The zero-order valence-electron chi connectivity index (χ0n) is 71.7. The second-order valence-corrected chi connectivity index (χ2v) is 34.0. The van der Waals surface area contributed by atoms with Gasteiger partial charge in [-0.2, -0.15) is 4.98 Å². The van der Waals surface area contributed by atoms with Crippen molar-refractivity contribution in [3.8, 4) is 23.5 Å². The van der Waals surface area contributed by atoms with E-state index in [1.807, 2.05) is 44.4 Å². The molecule has 0 spiro atoms. The van der Waals surface area contributed by atoms with Crippen LogP contribution in [0.5, 0.6) is 23.5 Å². The molecule has 4 aliphatic rings. The molecule has 132 heavy (non-hydrogen) atoms. The molecule has 11 amide bonds. The van der Waals surface area contributed by atoms with Crippen molar-refractivity contribution < 1.29 is 98.1 Å². The summed E-state index contributed by atoms with van der Waals surface area (Å²) < 4.78 is 69.6. The van der Waals surface area contributed by atoms with Crippen molar-refractivity contribution in [3.63, 3.8) is 0 Å². The number of carbonyl (C=O) groups excluding carboxylic acids is 12. The van der Waals surface area contributed by atoms with E-state index in [1.54, 1.807) is 29.3 Å². The molecule has 710 valence electrons. The van der Waals surface area contributed by atoms with E-state index in [0.29, 0.717) is 67.7 Å². The first kappa shape index (κ1) is 108. The lowest BCUT2D eigenvalue weighted by atomic mass is 9.90. The first-order valence-corrected chi connectivity index (χ1v) is 43.4. The van der Waals surface area contributed by atoms with E-state index < -0.39 is 103 Å². The molecule has 4 fully saturated rings. The SMILES string of the molecule is C.C.C.C=[O+]c1ncc(NC(=O)C(=O)O)cc1C(N)=O.CC1CCC(c2ccc(N)nc2)NC1.COc1ncc(NC(=O)C(=O)N2CC(C)CCC2c2ccc(N)nc2)cc1C(N)=O.COc1ncc(NC(=O)C(=O)N2CC(C)CCC2c2ccc(NS(C)(=O)=O)nc2)cc1C(N)=O.COc1ncc(NC(=O)C(=O)N2C[C@H](C)CC[C@H]2c2ccc(NS(C)(=O)=O)nc2)cc1C(N)=O. The highest BCUT2D eigenvalue weighted by Crippen LogP contribution is 2.38. The number of ether oxygens (including phenoxy) is 3. The minimum atomic E-state index is -3.47. The molecule has 45 nitrogen and oxygen atoms in total. The number of piperidine rings is 4. The largest absolute Gasteiger partial charge is 0.480 e. The number of pyridine rings is 8. The molecule has 0 aliphatic carbocycles. The van der Waals surface area contributed by atoms with Crippen molar-refractivity contribution in [2.75, 3.05) is 102 Å². The number of amides is 11. The minimum absolute atomic E-state index is 0. The van der Waals surface area contributed by atoms with E-state index in [4.69, 9.17) is 53.7 Å². The van der Waals surface area contributed by atoms with Crippen LogP contribution >= 0.6 is 0 Å². The molecule has 8 atom stereocenters. The van der Waals surface area contributed by atoms with Gasteiger partial charge < -0.3 is 95.0 Å². The second kappa shape index (κ2) is 48.9. The van der Waals surface area contributed by atoms with Crippen LogP contribution in [0.4, 0.5) is 46.0 Å². The molecule has 12 heterocycles. The van der Waals surface area contributed by atoms with Crippen molar-refractivity contribution in [1.82, 2.24) is 59.9 Å². The molecule has 6 unspecified atom stereocenters. The zero-order valence-corrected chi connectivity index (χ0v) is 73.3.